The van der Waals surface area contributed by atoms with E-state index in [1.54, 1.807) is 31.3 Å². The number of hydrogen-bond acceptors (Lipinski definition) is 9. The zero-order valence-corrected chi connectivity index (χ0v) is 23.1. The van der Waals surface area contributed by atoms with Crippen molar-refractivity contribution in [1.29, 1.82) is 0 Å². The molecular formula is C30H34N2O6S. The molecule has 9 heteroatoms. The van der Waals surface area contributed by atoms with Crippen molar-refractivity contribution in [3.8, 4) is 5.75 Å². The third kappa shape index (κ3) is 11.6. The van der Waals surface area contributed by atoms with Crippen molar-refractivity contribution in [2.75, 3.05) is 13.2 Å². The van der Waals surface area contributed by atoms with Crippen LogP contribution in [0, 0.1) is 0 Å². The quantitative estimate of drug-likeness (QED) is 0.110. The van der Waals surface area contributed by atoms with Crippen LogP contribution >= 0.6 is 11.3 Å². The third-order valence-corrected chi connectivity index (χ3v) is 6.18. The number of thiazole rings is 1. The molecule has 3 aromatic rings. The highest BCUT2D eigenvalue weighted by Gasteiger charge is 2.12. The van der Waals surface area contributed by atoms with E-state index in [0.717, 1.165) is 33.2 Å². The Balaban J connectivity index is 0.000000798. The summed E-state index contributed by atoms with van der Waals surface area (Å²) in [6, 6.07) is 17.9. The Bertz CT molecular complexity index is 1270. The highest BCUT2D eigenvalue weighted by Crippen LogP contribution is 2.23. The Labute approximate surface area is 232 Å². The molecule has 2 aromatic carbocycles. The van der Waals surface area contributed by atoms with Gasteiger partial charge in [-0.15, -0.1) is 11.3 Å². The Kier molecular flexibility index (Phi) is 13.5. The molecule has 0 amide bonds. The molecule has 39 heavy (non-hydrogen) atoms. The van der Waals surface area contributed by atoms with Crippen LogP contribution in [0.25, 0.3) is 6.08 Å². The first kappa shape index (κ1) is 31.3. The molecule has 0 fully saturated rings. The van der Waals surface area contributed by atoms with Crippen LogP contribution in [0.15, 0.2) is 77.2 Å². The van der Waals surface area contributed by atoms with Gasteiger partial charge < -0.3 is 20.3 Å². The molecule has 0 bridgehead atoms. The molecule has 0 aliphatic carbocycles. The lowest BCUT2D eigenvalue weighted by Crippen LogP contribution is -2.13. The summed E-state index contributed by atoms with van der Waals surface area (Å²) in [5.41, 5.74) is 11.0. The van der Waals surface area contributed by atoms with Gasteiger partial charge in [-0.2, -0.15) is 0 Å². The summed E-state index contributed by atoms with van der Waals surface area (Å²) in [5.74, 6) is -0.253. The Morgan fingerprint density at radius 3 is 2.36 bits per heavy atom. The van der Waals surface area contributed by atoms with Crippen LogP contribution in [0.2, 0.25) is 0 Å². The third-order valence-electron chi connectivity index (χ3n) is 5.19. The first-order valence-corrected chi connectivity index (χ1v) is 13.2. The second-order valence-corrected chi connectivity index (χ2v) is 9.41. The van der Waals surface area contributed by atoms with E-state index in [-0.39, 0.29) is 18.3 Å². The van der Waals surface area contributed by atoms with E-state index in [1.807, 2.05) is 73.0 Å². The van der Waals surface area contributed by atoms with Gasteiger partial charge in [0, 0.05) is 11.0 Å². The Hall–Kier alpha value is -3.92. The van der Waals surface area contributed by atoms with Crippen molar-refractivity contribution < 1.29 is 29.0 Å². The van der Waals surface area contributed by atoms with Crippen molar-refractivity contribution >= 4 is 35.5 Å². The largest absolute Gasteiger partial charge is 0.489 e. The lowest BCUT2D eigenvalue weighted by atomic mass is 10.1. The molecule has 3 rings (SSSR count). The molecule has 0 saturated carbocycles. The molecule has 0 radical (unpaired) electrons. The van der Waals surface area contributed by atoms with E-state index >= 15 is 0 Å². The molecule has 1 atom stereocenters. The zero-order valence-electron chi connectivity index (χ0n) is 22.3. The van der Waals surface area contributed by atoms with E-state index in [2.05, 4.69) is 4.98 Å². The number of ether oxygens (including phenoxy) is 2. The number of aliphatic hydroxyl groups excluding tert-OH is 1. The van der Waals surface area contributed by atoms with Gasteiger partial charge in [0.25, 0.3) is 0 Å². The van der Waals surface area contributed by atoms with Gasteiger partial charge in [-0.1, -0.05) is 42.5 Å². The SMILES string of the molecule is CCOC(=O)/C(C)=C\C(C)=C\c1csc([C@@H](N)Cc2ccc(OCc3ccccc3)cc2)n1.O=CC(=O)CO. The van der Waals surface area contributed by atoms with Gasteiger partial charge in [0.05, 0.1) is 18.3 Å². The van der Waals surface area contributed by atoms with Crippen molar-refractivity contribution in [3.63, 3.8) is 0 Å². The van der Waals surface area contributed by atoms with E-state index in [0.29, 0.717) is 25.2 Å². The molecule has 0 saturated heterocycles. The maximum atomic E-state index is 11.8. The number of ketones is 1. The maximum Gasteiger partial charge on any atom is 0.333 e. The molecule has 206 valence electrons. The number of Topliss-reactive ketones (excluding diaryl/α,β-unsaturated/α-hetero) is 1. The second kappa shape index (κ2) is 16.8. The molecule has 0 spiro atoms. The van der Waals surface area contributed by atoms with Crippen LogP contribution in [0.3, 0.4) is 0 Å². The summed E-state index contributed by atoms with van der Waals surface area (Å²) < 4.78 is 10.9. The summed E-state index contributed by atoms with van der Waals surface area (Å²) in [7, 11) is 0. The van der Waals surface area contributed by atoms with E-state index in [4.69, 9.17) is 20.3 Å². The smallest absolute Gasteiger partial charge is 0.333 e. The van der Waals surface area contributed by atoms with E-state index in [1.165, 1.54) is 0 Å². The number of nitrogens with two attached hydrogens (primary N) is 1. The lowest BCUT2D eigenvalue weighted by molar-refractivity contribution is -0.138. The zero-order chi connectivity index (χ0) is 28.6. The minimum Gasteiger partial charge on any atom is -0.489 e. The standard InChI is InChI=1S/C27H30N2O3S.C3H4O3/c1-4-31-27(30)20(3)14-19(2)15-23-18-33-26(29-23)25(28)16-21-10-12-24(13-11-21)32-17-22-8-6-5-7-9-22;4-1-3(6)2-5/h5-15,18,25H,4,16-17,28H2,1-3H3;1,5H,2H2/b19-15+,20-14-;/t25-;/m0./s1. The van der Waals surface area contributed by atoms with Gasteiger partial charge in [0.15, 0.2) is 6.29 Å². The van der Waals surface area contributed by atoms with Crippen LogP contribution in [0.5, 0.6) is 5.75 Å². The number of allylic oxidation sites excluding steroid dienone is 2. The van der Waals surface area contributed by atoms with Crippen LogP contribution < -0.4 is 10.5 Å². The summed E-state index contributed by atoms with van der Waals surface area (Å²) in [6.45, 7) is 5.71. The second-order valence-electron chi connectivity index (χ2n) is 8.52. The average Bonchev–Trinajstić information content (AvgIpc) is 3.41. The van der Waals surface area contributed by atoms with Crippen molar-refractivity contribution in [1.82, 2.24) is 4.98 Å². The first-order chi connectivity index (χ1) is 18.7. The number of aldehydes is 1. The molecule has 0 aliphatic rings. The lowest BCUT2D eigenvalue weighted by Gasteiger charge is -2.10. The van der Waals surface area contributed by atoms with Crippen molar-refractivity contribution in [2.45, 2.75) is 39.8 Å². The summed E-state index contributed by atoms with van der Waals surface area (Å²) in [5, 5.41) is 10.6. The number of rotatable bonds is 12. The highest BCUT2D eigenvalue weighted by atomic mass is 32.1. The normalized spacial score (nSPS) is 12.1. The fourth-order valence-corrected chi connectivity index (χ4v) is 4.08. The molecule has 0 unspecified atom stereocenters. The van der Waals surface area contributed by atoms with Crippen LogP contribution in [0.4, 0.5) is 0 Å². The molecule has 1 aromatic heterocycles. The van der Waals surface area contributed by atoms with Gasteiger partial charge in [0.1, 0.15) is 24.0 Å². The molecule has 8 nitrogen and oxygen atoms in total. The monoisotopic (exact) mass is 550 g/mol. The topological polar surface area (TPSA) is 129 Å². The number of hydrogen-bond donors (Lipinski definition) is 2. The first-order valence-electron chi connectivity index (χ1n) is 12.3. The summed E-state index contributed by atoms with van der Waals surface area (Å²) in [6.07, 6.45) is 4.52. The number of carbonyl (C=O) groups excluding carboxylic acids is 3. The molecular weight excluding hydrogens is 516 g/mol. The van der Waals surface area contributed by atoms with E-state index < -0.39 is 12.4 Å². The number of esters is 1. The predicted octanol–water partition coefficient (Wildman–Crippen LogP) is 4.62. The van der Waals surface area contributed by atoms with Gasteiger partial charge in [0.2, 0.25) is 5.78 Å². The Morgan fingerprint density at radius 2 is 1.77 bits per heavy atom. The maximum absolute atomic E-state index is 11.8. The van der Waals surface area contributed by atoms with Crippen LogP contribution in [0.1, 0.15) is 48.6 Å². The Morgan fingerprint density at radius 1 is 1.08 bits per heavy atom. The van der Waals surface area contributed by atoms with Crippen molar-refractivity contribution in [3.05, 3.63) is 99.0 Å². The van der Waals surface area contributed by atoms with Crippen LogP contribution in [-0.2, 0) is 32.1 Å². The number of carbonyl (C=O) groups is 3. The molecule has 0 aliphatic heterocycles. The highest BCUT2D eigenvalue weighted by molar-refractivity contribution is 7.09. The fraction of sp³-hybridized carbons (Fsp3) is 0.267. The van der Waals surface area contributed by atoms with Crippen molar-refractivity contribution in [2.24, 2.45) is 5.73 Å². The van der Waals surface area contributed by atoms with Gasteiger partial charge in [-0.05, 0) is 68.2 Å². The number of aliphatic hydroxyl groups is 1. The predicted molar refractivity (Wildman–Crippen MR) is 152 cm³/mol. The van der Waals surface area contributed by atoms with Gasteiger partial charge in [-0.25, -0.2) is 9.78 Å². The minimum absolute atomic E-state index is 0.0833. The van der Waals surface area contributed by atoms with Gasteiger partial charge in [-0.3, -0.25) is 9.59 Å². The molecule has 1 heterocycles. The number of benzene rings is 2. The van der Waals surface area contributed by atoms with E-state index in [9.17, 15) is 14.4 Å². The minimum atomic E-state index is -0.782. The molecule has 3 N–H and O–H groups in total. The average molecular weight is 551 g/mol. The summed E-state index contributed by atoms with van der Waals surface area (Å²) in [4.78, 5) is 35.2. The summed E-state index contributed by atoms with van der Waals surface area (Å²) >= 11 is 1.54. The number of nitrogens with zero attached hydrogens (tertiary/aromatic N) is 1. The van der Waals surface area contributed by atoms with Crippen LogP contribution in [-0.4, -0.2) is 41.3 Å². The fourth-order valence-electron chi connectivity index (χ4n) is 3.30. The number of aromatic nitrogens is 1. The van der Waals surface area contributed by atoms with Gasteiger partial charge >= 0.3 is 5.97 Å².